The Morgan fingerprint density at radius 3 is 2.50 bits per heavy atom. The highest BCUT2D eigenvalue weighted by atomic mass is 35.5. The number of amidine groups is 1. The summed E-state index contributed by atoms with van der Waals surface area (Å²) in [6.07, 6.45) is 4.55. The van der Waals surface area contributed by atoms with E-state index in [1.807, 2.05) is 18.2 Å². The third-order valence-corrected chi connectivity index (χ3v) is 9.57. The van der Waals surface area contributed by atoms with Crippen LogP contribution in [0.25, 0.3) is 0 Å². The molecule has 0 unspecified atom stereocenters. The quantitative estimate of drug-likeness (QED) is 0.603. The summed E-state index contributed by atoms with van der Waals surface area (Å²) in [5.41, 5.74) is 0.642. The van der Waals surface area contributed by atoms with Gasteiger partial charge in [-0.1, -0.05) is 60.8 Å². The first kappa shape index (κ1) is 23.3. The maximum absolute atomic E-state index is 13.3. The Kier molecular flexibility index (Phi) is 7.24. The van der Waals surface area contributed by atoms with Crippen molar-refractivity contribution in [1.29, 1.82) is 0 Å². The van der Waals surface area contributed by atoms with E-state index in [9.17, 15) is 18.0 Å². The van der Waals surface area contributed by atoms with Crippen LogP contribution >= 0.6 is 34.7 Å². The van der Waals surface area contributed by atoms with Gasteiger partial charge in [-0.3, -0.25) is 14.5 Å². The Labute approximate surface area is 200 Å². The van der Waals surface area contributed by atoms with Gasteiger partial charge in [-0.2, -0.15) is 8.42 Å². The Hall–Kier alpha value is -1.88. The van der Waals surface area contributed by atoms with Crippen molar-refractivity contribution in [3.63, 3.8) is 0 Å². The minimum absolute atomic E-state index is 0.0249. The molecule has 7 nitrogen and oxygen atoms in total. The third kappa shape index (κ3) is 5.36. The van der Waals surface area contributed by atoms with Crippen molar-refractivity contribution in [1.82, 2.24) is 4.90 Å². The molecular formula is C21H22ClN3O4S3. The van der Waals surface area contributed by atoms with Crippen molar-refractivity contribution < 1.29 is 18.0 Å². The second kappa shape index (κ2) is 9.94. The molecule has 1 N–H and O–H groups in total. The number of nitrogens with one attached hydrogen (secondary N) is 1. The second-order valence-corrected chi connectivity index (χ2v) is 12.3. The van der Waals surface area contributed by atoms with E-state index in [0.717, 1.165) is 55.2 Å². The molecule has 2 amide bonds. The molecule has 1 aromatic carbocycles. The first-order valence-corrected chi connectivity index (χ1v) is 13.8. The first-order valence-electron chi connectivity index (χ1n) is 10.3. The summed E-state index contributed by atoms with van der Waals surface area (Å²) < 4.78 is 30.1. The van der Waals surface area contributed by atoms with E-state index in [-0.39, 0.29) is 33.7 Å². The number of halogens is 1. The Morgan fingerprint density at radius 1 is 1.12 bits per heavy atom. The fourth-order valence-corrected chi connectivity index (χ4v) is 7.70. The molecule has 0 bridgehead atoms. The number of hydrogen-bond donors (Lipinski definition) is 1. The molecule has 4 rings (SSSR count). The number of benzene rings is 1. The average molecular weight is 512 g/mol. The van der Waals surface area contributed by atoms with Gasteiger partial charge in [0.15, 0.2) is 5.17 Å². The maximum Gasteiger partial charge on any atom is 0.294 e. The number of amides is 2. The van der Waals surface area contributed by atoms with Crippen molar-refractivity contribution in [2.45, 2.75) is 54.0 Å². The second-order valence-electron chi connectivity index (χ2n) is 7.63. The molecule has 2 aliphatic rings. The van der Waals surface area contributed by atoms with Crippen molar-refractivity contribution in [3.8, 4) is 0 Å². The molecule has 32 heavy (non-hydrogen) atoms. The summed E-state index contributed by atoms with van der Waals surface area (Å²) in [5, 5.41) is 2.20. The van der Waals surface area contributed by atoms with Crippen LogP contribution in [0, 0.1) is 0 Å². The van der Waals surface area contributed by atoms with Gasteiger partial charge in [0.25, 0.3) is 10.0 Å². The lowest BCUT2D eigenvalue weighted by atomic mass is 9.94. The third-order valence-electron chi connectivity index (χ3n) is 5.34. The lowest BCUT2D eigenvalue weighted by Crippen LogP contribution is -2.42. The number of thioether (sulfide) groups is 1. The molecule has 1 aromatic heterocycles. The van der Waals surface area contributed by atoms with Crippen LogP contribution in [-0.2, 0) is 19.6 Å². The molecule has 0 radical (unpaired) electrons. The van der Waals surface area contributed by atoms with E-state index in [4.69, 9.17) is 11.6 Å². The number of nitrogens with zero attached hydrogens (tertiary/aromatic N) is 2. The van der Waals surface area contributed by atoms with Gasteiger partial charge >= 0.3 is 0 Å². The predicted octanol–water partition coefficient (Wildman–Crippen LogP) is 4.75. The number of hydrogen-bond acceptors (Lipinski definition) is 6. The van der Waals surface area contributed by atoms with Gasteiger partial charge in [0.05, 0.1) is 4.34 Å². The van der Waals surface area contributed by atoms with Crippen molar-refractivity contribution in [2.75, 3.05) is 5.32 Å². The van der Waals surface area contributed by atoms with Crippen LogP contribution in [-0.4, -0.2) is 41.6 Å². The van der Waals surface area contributed by atoms with Crippen LogP contribution in [0.15, 0.2) is 51.1 Å². The molecule has 2 heterocycles. The predicted molar refractivity (Wildman–Crippen MR) is 129 cm³/mol. The van der Waals surface area contributed by atoms with Gasteiger partial charge in [0.2, 0.25) is 11.8 Å². The molecule has 170 valence electrons. The fourth-order valence-electron chi connectivity index (χ4n) is 3.84. The minimum Gasteiger partial charge on any atom is -0.326 e. The number of anilines is 1. The smallest absolute Gasteiger partial charge is 0.294 e. The fraction of sp³-hybridized carbons (Fsp3) is 0.381. The van der Waals surface area contributed by atoms with Crippen LogP contribution in [0.2, 0.25) is 4.34 Å². The maximum atomic E-state index is 13.3. The van der Waals surface area contributed by atoms with Crippen LogP contribution in [0.1, 0.15) is 38.5 Å². The molecule has 1 saturated heterocycles. The van der Waals surface area contributed by atoms with Gasteiger partial charge in [-0.15, -0.1) is 15.7 Å². The monoisotopic (exact) mass is 511 g/mol. The van der Waals surface area contributed by atoms with Gasteiger partial charge < -0.3 is 5.32 Å². The molecule has 1 aliphatic heterocycles. The summed E-state index contributed by atoms with van der Waals surface area (Å²) in [6, 6.07) is 11.8. The number of carbonyl (C=O) groups is 2. The molecule has 2 fully saturated rings. The molecule has 2 aromatic rings. The largest absolute Gasteiger partial charge is 0.326 e. The molecule has 1 saturated carbocycles. The number of thiophene rings is 1. The lowest BCUT2D eigenvalue weighted by Gasteiger charge is -2.30. The van der Waals surface area contributed by atoms with E-state index in [2.05, 4.69) is 9.71 Å². The Balaban J connectivity index is 1.57. The van der Waals surface area contributed by atoms with Gasteiger partial charge in [0, 0.05) is 18.2 Å². The summed E-state index contributed by atoms with van der Waals surface area (Å²) in [4.78, 5) is 27.3. The van der Waals surface area contributed by atoms with E-state index in [1.54, 1.807) is 12.1 Å². The van der Waals surface area contributed by atoms with Crippen LogP contribution in [0.3, 0.4) is 0 Å². The van der Waals surface area contributed by atoms with E-state index in [0.29, 0.717) is 10.0 Å². The highest BCUT2D eigenvalue weighted by Crippen LogP contribution is 2.37. The minimum atomic E-state index is -4.01. The van der Waals surface area contributed by atoms with Gasteiger partial charge in [0.1, 0.15) is 9.46 Å². The zero-order valence-corrected chi connectivity index (χ0v) is 20.3. The summed E-state index contributed by atoms with van der Waals surface area (Å²) >= 11 is 7.86. The number of para-hydroxylation sites is 1. The molecule has 11 heteroatoms. The van der Waals surface area contributed by atoms with Gasteiger partial charge in [-0.25, -0.2) is 0 Å². The standard InChI is InChI=1S/C21H22ClN3O4S3/c22-17-11-12-19(31-17)32(28,29)24-21-25(15-9-5-2-6-10-15)20(27)16(30-21)13-18(26)23-14-7-3-1-4-8-14/h1,3-4,7-8,11-12,15-16H,2,5-6,9-10,13H2,(H,23,26)/t16-/m0/s1. The number of rotatable bonds is 6. The zero-order valence-electron chi connectivity index (χ0n) is 17.1. The summed E-state index contributed by atoms with van der Waals surface area (Å²) in [7, 11) is -4.01. The first-order chi connectivity index (χ1) is 15.3. The van der Waals surface area contributed by atoms with Crippen LogP contribution < -0.4 is 5.32 Å². The summed E-state index contributed by atoms with van der Waals surface area (Å²) in [5.74, 6) is -0.567. The van der Waals surface area contributed by atoms with Crippen LogP contribution in [0.5, 0.6) is 0 Å². The average Bonchev–Trinajstić information content (AvgIpc) is 3.33. The molecule has 1 aliphatic carbocycles. The van der Waals surface area contributed by atoms with E-state index >= 15 is 0 Å². The molecule has 1 atom stereocenters. The lowest BCUT2D eigenvalue weighted by molar-refractivity contribution is -0.130. The van der Waals surface area contributed by atoms with Crippen LogP contribution in [0.4, 0.5) is 5.69 Å². The number of sulfonamides is 1. The normalized spacial score (nSPS) is 21.3. The van der Waals surface area contributed by atoms with Crippen molar-refractivity contribution in [3.05, 3.63) is 46.8 Å². The highest BCUT2D eigenvalue weighted by Gasteiger charge is 2.43. The molecule has 0 spiro atoms. The molecular weight excluding hydrogens is 490 g/mol. The van der Waals surface area contributed by atoms with E-state index < -0.39 is 15.3 Å². The Bertz CT molecular complexity index is 1130. The van der Waals surface area contributed by atoms with Gasteiger partial charge in [-0.05, 0) is 37.1 Å². The zero-order chi connectivity index (χ0) is 22.7. The van der Waals surface area contributed by atoms with Crippen molar-refractivity contribution in [2.24, 2.45) is 4.40 Å². The Morgan fingerprint density at radius 2 is 1.84 bits per heavy atom. The van der Waals surface area contributed by atoms with Crippen molar-refractivity contribution >= 4 is 67.4 Å². The SMILES string of the molecule is O=C(C[C@@H]1SC(=NS(=O)(=O)c2ccc(Cl)s2)N(C2CCCCC2)C1=O)Nc1ccccc1. The topological polar surface area (TPSA) is 95.9 Å². The number of carbonyl (C=O) groups excluding carboxylic acids is 2. The van der Waals surface area contributed by atoms with E-state index in [1.165, 1.54) is 17.0 Å². The highest BCUT2D eigenvalue weighted by molar-refractivity contribution is 8.16. The summed E-state index contributed by atoms with van der Waals surface area (Å²) in [6.45, 7) is 0.